The molecule has 0 atom stereocenters. The lowest BCUT2D eigenvalue weighted by Crippen LogP contribution is -2.32. The molecule has 0 N–H and O–H groups in total. The highest BCUT2D eigenvalue weighted by Gasteiger charge is 2.15. The number of piperidine rings is 1. The van der Waals surface area contributed by atoms with Crippen molar-refractivity contribution in [1.29, 1.82) is 0 Å². The van der Waals surface area contributed by atoms with E-state index in [2.05, 4.69) is 39.9 Å². The van der Waals surface area contributed by atoms with Crippen LogP contribution in [0.4, 0.5) is 0 Å². The van der Waals surface area contributed by atoms with Crippen molar-refractivity contribution in [2.75, 3.05) is 19.6 Å². The van der Waals surface area contributed by atoms with Crippen molar-refractivity contribution < 1.29 is 0 Å². The van der Waals surface area contributed by atoms with Gasteiger partial charge in [-0.3, -0.25) is 4.68 Å². The van der Waals surface area contributed by atoms with Crippen LogP contribution < -0.4 is 0 Å². The van der Waals surface area contributed by atoms with Crippen LogP contribution in [0.15, 0.2) is 48.5 Å². The Balaban J connectivity index is 0.00000182. The molecular weight excluding hydrogens is 353 g/mol. The van der Waals surface area contributed by atoms with E-state index in [-0.39, 0.29) is 12.4 Å². The SMILES string of the molecule is Cl.Clc1ccc2c(c1)c(-c1ccccc1)nn2CCN1CCCCC1. The van der Waals surface area contributed by atoms with Gasteiger partial charge in [-0.25, -0.2) is 0 Å². The minimum Gasteiger partial charge on any atom is -0.301 e. The standard InChI is InChI=1S/C20H22ClN3.ClH/c21-17-9-10-19-18(15-17)20(16-7-3-1-4-8-16)22-24(19)14-13-23-11-5-2-6-12-23;/h1,3-4,7-10,15H,2,5-6,11-14H2;1H. The molecule has 132 valence electrons. The molecule has 0 bridgehead atoms. The molecule has 0 amide bonds. The highest BCUT2D eigenvalue weighted by Crippen LogP contribution is 2.30. The van der Waals surface area contributed by atoms with Crippen molar-refractivity contribution in [3.05, 3.63) is 53.6 Å². The molecule has 0 aliphatic carbocycles. The maximum absolute atomic E-state index is 6.24. The third-order valence-electron chi connectivity index (χ3n) is 4.84. The second-order valence-corrected chi connectivity index (χ2v) is 6.94. The average molecular weight is 376 g/mol. The lowest BCUT2D eigenvalue weighted by molar-refractivity contribution is 0.219. The van der Waals surface area contributed by atoms with E-state index in [1.165, 1.54) is 32.4 Å². The molecule has 5 heteroatoms. The Morgan fingerprint density at radius 1 is 0.920 bits per heavy atom. The van der Waals surface area contributed by atoms with Crippen molar-refractivity contribution in [3.8, 4) is 11.3 Å². The Kier molecular flexibility index (Phi) is 6.00. The molecular formula is C20H23Cl2N3. The van der Waals surface area contributed by atoms with Crippen molar-refractivity contribution in [2.45, 2.75) is 25.8 Å². The molecule has 1 saturated heterocycles. The minimum absolute atomic E-state index is 0. The van der Waals surface area contributed by atoms with Crippen LogP contribution in [0.2, 0.25) is 5.02 Å². The number of halogens is 2. The van der Waals surface area contributed by atoms with E-state index in [9.17, 15) is 0 Å². The summed E-state index contributed by atoms with van der Waals surface area (Å²) in [4.78, 5) is 2.55. The molecule has 0 radical (unpaired) electrons. The van der Waals surface area contributed by atoms with Gasteiger partial charge in [0.05, 0.1) is 12.1 Å². The highest BCUT2D eigenvalue weighted by atomic mass is 35.5. The summed E-state index contributed by atoms with van der Waals surface area (Å²) >= 11 is 6.24. The fraction of sp³-hybridized carbons (Fsp3) is 0.350. The lowest BCUT2D eigenvalue weighted by Gasteiger charge is -2.26. The molecule has 25 heavy (non-hydrogen) atoms. The predicted molar refractivity (Wildman–Crippen MR) is 108 cm³/mol. The monoisotopic (exact) mass is 375 g/mol. The quantitative estimate of drug-likeness (QED) is 0.619. The number of hydrogen-bond donors (Lipinski definition) is 0. The van der Waals surface area contributed by atoms with Gasteiger partial charge in [0.25, 0.3) is 0 Å². The Labute approximate surface area is 160 Å². The Bertz CT molecular complexity index is 824. The van der Waals surface area contributed by atoms with Gasteiger partial charge >= 0.3 is 0 Å². The van der Waals surface area contributed by atoms with Gasteiger partial charge in [0.15, 0.2) is 0 Å². The molecule has 4 rings (SSSR count). The molecule has 0 saturated carbocycles. The van der Waals surface area contributed by atoms with Crippen LogP contribution in [-0.4, -0.2) is 34.3 Å². The van der Waals surface area contributed by atoms with Crippen LogP contribution >= 0.6 is 24.0 Å². The third-order valence-corrected chi connectivity index (χ3v) is 5.07. The summed E-state index contributed by atoms with van der Waals surface area (Å²) in [5.74, 6) is 0. The van der Waals surface area contributed by atoms with Gasteiger partial charge < -0.3 is 4.90 Å². The van der Waals surface area contributed by atoms with Gasteiger partial charge in [-0.05, 0) is 44.1 Å². The summed E-state index contributed by atoms with van der Waals surface area (Å²) in [5, 5.41) is 6.81. The Morgan fingerprint density at radius 2 is 1.68 bits per heavy atom. The summed E-state index contributed by atoms with van der Waals surface area (Å²) in [6.45, 7) is 4.42. The fourth-order valence-electron chi connectivity index (χ4n) is 3.55. The number of likely N-dealkylation sites (tertiary alicyclic amines) is 1. The first-order chi connectivity index (χ1) is 11.8. The van der Waals surface area contributed by atoms with Crippen LogP contribution in [0.25, 0.3) is 22.2 Å². The van der Waals surface area contributed by atoms with Crippen LogP contribution in [0.1, 0.15) is 19.3 Å². The van der Waals surface area contributed by atoms with E-state index in [1.54, 1.807) is 0 Å². The van der Waals surface area contributed by atoms with Crippen LogP contribution in [0, 0.1) is 0 Å². The van der Waals surface area contributed by atoms with Crippen LogP contribution in [0.5, 0.6) is 0 Å². The molecule has 3 aromatic rings. The largest absolute Gasteiger partial charge is 0.301 e. The minimum atomic E-state index is 0. The van der Waals surface area contributed by atoms with Gasteiger partial charge in [-0.15, -0.1) is 12.4 Å². The van der Waals surface area contributed by atoms with E-state index in [0.29, 0.717) is 0 Å². The van der Waals surface area contributed by atoms with E-state index in [4.69, 9.17) is 16.7 Å². The van der Waals surface area contributed by atoms with Crippen molar-refractivity contribution in [1.82, 2.24) is 14.7 Å². The zero-order valence-electron chi connectivity index (χ0n) is 14.2. The number of aromatic nitrogens is 2. The molecule has 0 spiro atoms. The molecule has 3 nitrogen and oxygen atoms in total. The van der Waals surface area contributed by atoms with Gasteiger partial charge in [-0.2, -0.15) is 5.10 Å². The Morgan fingerprint density at radius 3 is 2.44 bits per heavy atom. The molecule has 2 heterocycles. The number of fused-ring (bicyclic) bond motifs is 1. The second-order valence-electron chi connectivity index (χ2n) is 6.50. The van der Waals surface area contributed by atoms with Crippen LogP contribution in [-0.2, 0) is 6.54 Å². The van der Waals surface area contributed by atoms with Crippen molar-refractivity contribution in [2.24, 2.45) is 0 Å². The van der Waals surface area contributed by atoms with E-state index < -0.39 is 0 Å². The van der Waals surface area contributed by atoms with E-state index >= 15 is 0 Å². The third kappa shape index (κ3) is 4.00. The average Bonchev–Trinajstić information content (AvgIpc) is 2.99. The van der Waals surface area contributed by atoms with Gasteiger partial charge in [0, 0.05) is 22.5 Å². The van der Waals surface area contributed by atoms with E-state index in [1.807, 2.05) is 18.2 Å². The zero-order valence-corrected chi connectivity index (χ0v) is 15.8. The smallest absolute Gasteiger partial charge is 0.100 e. The van der Waals surface area contributed by atoms with E-state index in [0.717, 1.165) is 40.3 Å². The summed E-state index contributed by atoms with van der Waals surface area (Å²) in [7, 11) is 0. The maximum atomic E-state index is 6.24. The lowest BCUT2D eigenvalue weighted by atomic mass is 10.1. The first-order valence-electron chi connectivity index (χ1n) is 8.75. The maximum Gasteiger partial charge on any atom is 0.100 e. The van der Waals surface area contributed by atoms with Gasteiger partial charge in [-0.1, -0.05) is 48.4 Å². The summed E-state index contributed by atoms with van der Waals surface area (Å²) < 4.78 is 2.14. The zero-order chi connectivity index (χ0) is 16.4. The summed E-state index contributed by atoms with van der Waals surface area (Å²) in [6, 6.07) is 16.4. The predicted octanol–water partition coefficient (Wildman–Crippen LogP) is 5.26. The molecule has 2 aromatic carbocycles. The van der Waals surface area contributed by atoms with Crippen molar-refractivity contribution >= 4 is 34.9 Å². The normalized spacial score (nSPS) is 15.2. The number of nitrogens with zero attached hydrogens (tertiary/aromatic N) is 3. The van der Waals surface area contributed by atoms with Crippen molar-refractivity contribution in [3.63, 3.8) is 0 Å². The second kappa shape index (κ2) is 8.22. The van der Waals surface area contributed by atoms with Gasteiger partial charge in [0.1, 0.15) is 5.69 Å². The Hall–Kier alpha value is -1.55. The first kappa shape index (κ1) is 18.2. The molecule has 0 unspecified atom stereocenters. The fourth-order valence-corrected chi connectivity index (χ4v) is 3.72. The molecule has 1 aromatic heterocycles. The van der Waals surface area contributed by atoms with Crippen LogP contribution in [0.3, 0.4) is 0 Å². The number of rotatable bonds is 4. The molecule has 1 fully saturated rings. The molecule has 1 aliphatic rings. The summed E-state index contributed by atoms with van der Waals surface area (Å²) in [5.41, 5.74) is 3.32. The number of benzene rings is 2. The summed E-state index contributed by atoms with van der Waals surface area (Å²) in [6.07, 6.45) is 4.02. The first-order valence-corrected chi connectivity index (χ1v) is 9.13. The highest BCUT2D eigenvalue weighted by molar-refractivity contribution is 6.31. The van der Waals surface area contributed by atoms with Gasteiger partial charge in [0.2, 0.25) is 0 Å². The number of hydrogen-bond acceptors (Lipinski definition) is 2. The topological polar surface area (TPSA) is 21.1 Å². The molecule has 1 aliphatic heterocycles.